The van der Waals surface area contributed by atoms with Crippen LogP contribution in [0.2, 0.25) is 0 Å². The van der Waals surface area contributed by atoms with Crippen LogP contribution in [-0.2, 0) is 19.1 Å². The zero-order valence-electron chi connectivity index (χ0n) is 16.7. The first-order valence-corrected chi connectivity index (χ1v) is 8.86. The van der Waals surface area contributed by atoms with Gasteiger partial charge in [0, 0.05) is 0 Å². The molecule has 0 aromatic heterocycles. The number of hydrogen-bond acceptors (Lipinski definition) is 7. The number of fused-ring (bicyclic) bond motifs is 1. The number of benzene rings is 1. The fourth-order valence-electron chi connectivity index (χ4n) is 2.60. The molecule has 2 atom stereocenters. The Morgan fingerprint density at radius 3 is 2.64 bits per heavy atom. The van der Waals surface area contributed by atoms with Crippen LogP contribution in [0, 0.1) is 5.92 Å². The van der Waals surface area contributed by atoms with Crippen molar-refractivity contribution in [2.75, 3.05) is 20.8 Å². The molecule has 0 bridgehead atoms. The first-order valence-electron chi connectivity index (χ1n) is 8.86. The Bertz CT molecular complexity index is 792. The van der Waals surface area contributed by atoms with Crippen LogP contribution in [0.1, 0.15) is 26.3 Å². The zero-order valence-corrected chi connectivity index (χ0v) is 16.7. The van der Waals surface area contributed by atoms with E-state index in [2.05, 4.69) is 4.74 Å². The minimum atomic E-state index is -0.807. The van der Waals surface area contributed by atoms with Gasteiger partial charge in [0.1, 0.15) is 18.3 Å². The summed E-state index contributed by atoms with van der Waals surface area (Å²) < 4.78 is 21.0. The molecule has 0 unspecified atom stereocenters. The van der Waals surface area contributed by atoms with Crippen LogP contribution in [0.3, 0.4) is 0 Å². The average Bonchev–Trinajstić information content (AvgIpc) is 2.78. The van der Waals surface area contributed by atoms with Crippen LogP contribution in [0.4, 0.5) is 0 Å². The van der Waals surface area contributed by atoms with E-state index < -0.39 is 23.6 Å². The van der Waals surface area contributed by atoms with E-state index in [0.717, 1.165) is 0 Å². The summed E-state index contributed by atoms with van der Waals surface area (Å²) in [7, 11) is 2.64. The summed E-state index contributed by atoms with van der Waals surface area (Å²) in [4.78, 5) is 24.3. The molecule has 1 aliphatic heterocycles. The SMILES string of the molecule is CO/C=C(/C(=O)OC)[C@@H](C)C(=O)/C=C\c1ccc2c(c1)OC(C)(C)[C@@H](O)CO2. The van der Waals surface area contributed by atoms with E-state index in [4.69, 9.17) is 14.2 Å². The largest absolute Gasteiger partial charge is 0.504 e. The Balaban J connectivity index is 2.20. The lowest BCUT2D eigenvalue weighted by molar-refractivity contribution is -0.137. The minimum absolute atomic E-state index is 0.132. The molecule has 28 heavy (non-hydrogen) atoms. The summed E-state index contributed by atoms with van der Waals surface area (Å²) in [6.45, 7) is 5.29. The van der Waals surface area contributed by atoms with Gasteiger partial charge < -0.3 is 24.1 Å². The topological polar surface area (TPSA) is 91.3 Å². The third-order valence-electron chi connectivity index (χ3n) is 4.54. The van der Waals surface area contributed by atoms with Crippen molar-refractivity contribution < 1.29 is 33.6 Å². The second-order valence-electron chi connectivity index (χ2n) is 7.00. The number of ether oxygens (including phenoxy) is 4. The number of esters is 1. The molecular formula is C21H26O7. The Kier molecular flexibility index (Phi) is 6.85. The lowest BCUT2D eigenvalue weighted by Gasteiger charge is -2.28. The number of carbonyl (C=O) groups is 2. The van der Waals surface area contributed by atoms with Gasteiger partial charge in [-0.1, -0.05) is 19.1 Å². The second kappa shape index (κ2) is 8.93. The molecule has 152 valence electrons. The quantitative estimate of drug-likeness (QED) is 0.453. The molecule has 1 aromatic carbocycles. The molecule has 7 heteroatoms. The smallest absolute Gasteiger partial charge is 0.337 e. The van der Waals surface area contributed by atoms with E-state index in [1.807, 2.05) is 0 Å². The summed E-state index contributed by atoms with van der Waals surface area (Å²) >= 11 is 0. The maximum Gasteiger partial charge on any atom is 0.337 e. The van der Waals surface area contributed by atoms with Gasteiger partial charge >= 0.3 is 5.97 Å². The first-order chi connectivity index (χ1) is 13.2. The molecule has 2 rings (SSSR count). The summed E-state index contributed by atoms with van der Waals surface area (Å²) in [5.74, 6) is -0.613. The fraction of sp³-hybridized carbons (Fsp3) is 0.429. The molecule has 0 saturated heterocycles. The molecule has 1 heterocycles. The van der Waals surface area contributed by atoms with Crippen LogP contribution >= 0.6 is 0 Å². The van der Waals surface area contributed by atoms with Gasteiger partial charge in [0.2, 0.25) is 0 Å². The molecule has 1 aromatic rings. The molecule has 0 fully saturated rings. The van der Waals surface area contributed by atoms with Gasteiger partial charge in [-0.15, -0.1) is 0 Å². The van der Waals surface area contributed by atoms with E-state index in [1.54, 1.807) is 45.0 Å². The minimum Gasteiger partial charge on any atom is -0.504 e. The maximum absolute atomic E-state index is 12.5. The van der Waals surface area contributed by atoms with Crippen LogP contribution in [0.15, 0.2) is 36.1 Å². The van der Waals surface area contributed by atoms with Gasteiger partial charge in [0.15, 0.2) is 17.3 Å². The summed E-state index contributed by atoms with van der Waals surface area (Å²) in [6.07, 6.45) is 3.45. The molecule has 1 N–H and O–H groups in total. The maximum atomic E-state index is 12.5. The molecule has 7 nitrogen and oxygen atoms in total. The lowest BCUT2D eigenvalue weighted by atomic mass is 9.96. The van der Waals surface area contributed by atoms with Crippen LogP contribution < -0.4 is 9.47 Å². The number of carbonyl (C=O) groups excluding carboxylic acids is 2. The molecule has 0 spiro atoms. The molecule has 1 aliphatic rings. The van der Waals surface area contributed by atoms with Gasteiger partial charge in [-0.2, -0.15) is 0 Å². The number of allylic oxidation sites excluding steroid dienone is 1. The van der Waals surface area contributed by atoms with Crippen molar-refractivity contribution >= 4 is 17.8 Å². The highest BCUT2D eigenvalue weighted by atomic mass is 16.6. The summed E-state index contributed by atoms with van der Waals surface area (Å²) in [5, 5.41) is 10.1. The van der Waals surface area contributed by atoms with E-state index in [9.17, 15) is 14.7 Å². The number of methoxy groups -OCH3 is 2. The van der Waals surface area contributed by atoms with E-state index in [1.165, 1.54) is 26.6 Å². The fourth-order valence-corrected chi connectivity index (χ4v) is 2.60. The normalized spacial score (nSPS) is 19.6. The second-order valence-corrected chi connectivity index (χ2v) is 7.00. The number of aliphatic hydroxyl groups is 1. The lowest BCUT2D eigenvalue weighted by Crippen LogP contribution is -2.43. The van der Waals surface area contributed by atoms with E-state index in [-0.39, 0.29) is 18.0 Å². The van der Waals surface area contributed by atoms with Crippen molar-refractivity contribution in [1.29, 1.82) is 0 Å². The van der Waals surface area contributed by atoms with Crippen molar-refractivity contribution in [3.8, 4) is 11.5 Å². The third-order valence-corrected chi connectivity index (χ3v) is 4.54. The van der Waals surface area contributed by atoms with Gasteiger partial charge in [0.25, 0.3) is 0 Å². The Morgan fingerprint density at radius 1 is 1.29 bits per heavy atom. The highest BCUT2D eigenvalue weighted by Gasteiger charge is 2.34. The Morgan fingerprint density at radius 2 is 2.00 bits per heavy atom. The number of ketones is 1. The third kappa shape index (κ3) is 4.92. The first kappa shape index (κ1) is 21.5. The van der Waals surface area contributed by atoms with Gasteiger partial charge in [-0.3, -0.25) is 4.79 Å². The predicted molar refractivity (Wildman–Crippen MR) is 103 cm³/mol. The van der Waals surface area contributed by atoms with Crippen molar-refractivity contribution in [3.63, 3.8) is 0 Å². The van der Waals surface area contributed by atoms with Crippen molar-refractivity contribution in [2.24, 2.45) is 5.92 Å². The molecule has 0 radical (unpaired) electrons. The van der Waals surface area contributed by atoms with Crippen LogP contribution in [0.25, 0.3) is 6.08 Å². The van der Waals surface area contributed by atoms with Crippen LogP contribution in [-0.4, -0.2) is 49.4 Å². The molecule has 0 saturated carbocycles. The monoisotopic (exact) mass is 390 g/mol. The highest BCUT2D eigenvalue weighted by Crippen LogP contribution is 2.35. The number of rotatable bonds is 6. The predicted octanol–water partition coefficient (Wildman–Crippen LogP) is 2.52. The Hall–Kier alpha value is -2.80. The molecular weight excluding hydrogens is 364 g/mol. The average molecular weight is 390 g/mol. The van der Waals surface area contributed by atoms with Crippen molar-refractivity contribution in [2.45, 2.75) is 32.5 Å². The van der Waals surface area contributed by atoms with E-state index in [0.29, 0.717) is 17.1 Å². The molecule has 0 aliphatic carbocycles. The van der Waals surface area contributed by atoms with Gasteiger partial charge in [0.05, 0.1) is 32.0 Å². The number of aliphatic hydroxyl groups excluding tert-OH is 1. The summed E-state index contributed by atoms with van der Waals surface area (Å²) in [5.41, 5.74) is 0.0395. The number of hydrogen-bond donors (Lipinski definition) is 1. The standard InChI is InChI=1S/C21H26O7/c1-13(15(11-25-4)20(24)26-5)16(22)8-6-14-7-9-17-18(10-14)28-21(2,3)19(23)12-27-17/h6-11,13,19,23H,12H2,1-5H3/b8-6-,15-11+/t13-,19+/m1/s1. The zero-order chi connectivity index (χ0) is 20.9. The van der Waals surface area contributed by atoms with Crippen molar-refractivity contribution in [3.05, 3.63) is 41.7 Å². The van der Waals surface area contributed by atoms with Gasteiger partial charge in [-0.25, -0.2) is 4.79 Å². The van der Waals surface area contributed by atoms with Crippen molar-refractivity contribution in [1.82, 2.24) is 0 Å². The summed E-state index contributed by atoms with van der Waals surface area (Å²) in [6, 6.07) is 5.23. The van der Waals surface area contributed by atoms with Gasteiger partial charge in [-0.05, 0) is 37.6 Å². The van der Waals surface area contributed by atoms with Crippen LogP contribution in [0.5, 0.6) is 11.5 Å². The highest BCUT2D eigenvalue weighted by molar-refractivity contribution is 6.03. The van der Waals surface area contributed by atoms with E-state index >= 15 is 0 Å². The molecule has 0 amide bonds. The Labute approximate surface area is 164 Å².